The molecular formula is C30H21F2N5O2S. The number of fused-ring (bicyclic) bond motifs is 1. The maximum atomic E-state index is 14.7. The number of aromatic nitrogens is 5. The summed E-state index contributed by atoms with van der Waals surface area (Å²) in [7, 11) is 0. The van der Waals surface area contributed by atoms with Crippen molar-refractivity contribution in [1.29, 1.82) is 0 Å². The van der Waals surface area contributed by atoms with Gasteiger partial charge in [0.05, 0.1) is 16.8 Å². The van der Waals surface area contributed by atoms with Crippen LogP contribution in [0.25, 0.3) is 40.1 Å². The van der Waals surface area contributed by atoms with Crippen LogP contribution in [0.15, 0.2) is 83.8 Å². The number of para-hydroxylation sites is 1. The van der Waals surface area contributed by atoms with Crippen LogP contribution in [0.3, 0.4) is 0 Å². The van der Waals surface area contributed by atoms with Gasteiger partial charge in [0.15, 0.2) is 17.4 Å². The number of halogens is 2. The number of thiazole rings is 1. The second-order valence-electron chi connectivity index (χ2n) is 8.76. The predicted octanol–water partition coefficient (Wildman–Crippen LogP) is 5.40. The van der Waals surface area contributed by atoms with Crippen molar-refractivity contribution in [2.75, 3.05) is 6.61 Å². The van der Waals surface area contributed by atoms with Crippen LogP contribution in [0.5, 0.6) is 5.75 Å². The first kappa shape index (κ1) is 25.3. The molecular weight excluding hydrogens is 532 g/mol. The molecule has 0 aliphatic carbocycles. The number of ether oxygens (including phenoxy) is 1. The van der Waals surface area contributed by atoms with E-state index in [1.165, 1.54) is 34.1 Å². The van der Waals surface area contributed by atoms with Crippen molar-refractivity contribution in [2.24, 2.45) is 0 Å². The van der Waals surface area contributed by atoms with E-state index >= 15 is 0 Å². The lowest BCUT2D eigenvalue weighted by atomic mass is 10.1. The zero-order valence-electron chi connectivity index (χ0n) is 21.2. The third kappa shape index (κ3) is 5.04. The Morgan fingerprint density at radius 3 is 2.50 bits per heavy atom. The average Bonchev–Trinajstić information content (AvgIpc) is 3.65. The van der Waals surface area contributed by atoms with Crippen molar-refractivity contribution in [3.8, 4) is 22.7 Å². The highest BCUT2D eigenvalue weighted by Crippen LogP contribution is 2.28. The molecule has 0 aliphatic rings. The van der Waals surface area contributed by atoms with E-state index < -0.39 is 5.82 Å². The number of rotatable bonds is 7. The third-order valence-corrected chi connectivity index (χ3v) is 7.01. The molecule has 0 saturated heterocycles. The molecule has 0 radical (unpaired) electrons. The van der Waals surface area contributed by atoms with Gasteiger partial charge in [0.25, 0.3) is 5.56 Å². The van der Waals surface area contributed by atoms with Gasteiger partial charge >= 0.3 is 0 Å². The van der Waals surface area contributed by atoms with Crippen LogP contribution in [-0.2, 0) is 0 Å². The smallest absolute Gasteiger partial charge is 0.291 e. The van der Waals surface area contributed by atoms with Crippen LogP contribution in [0.4, 0.5) is 8.78 Å². The van der Waals surface area contributed by atoms with Crippen molar-refractivity contribution >= 4 is 34.5 Å². The Kier molecular flexibility index (Phi) is 6.75. The van der Waals surface area contributed by atoms with Gasteiger partial charge in [-0.15, -0.1) is 5.10 Å². The molecule has 6 rings (SSSR count). The Balaban J connectivity index is 1.41. The summed E-state index contributed by atoms with van der Waals surface area (Å²) in [6.07, 6.45) is 6.92. The van der Waals surface area contributed by atoms with E-state index in [0.717, 1.165) is 11.3 Å². The van der Waals surface area contributed by atoms with Crippen LogP contribution in [0.2, 0.25) is 0 Å². The number of nitrogens with zero attached hydrogens (tertiary/aromatic N) is 5. The third-order valence-electron chi connectivity index (χ3n) is 6.05. The minimum atomic E-state index is -0.496. The first-order chi connectivity index (χ1) is 19.5. The second kappa shape index (κ2) is 10.7. The largest absolute Gasteiger partial charge is 0.491 e. The summed E-state index contributed by atoms with van der Waals surface area (Å²) in [5, 5.41) is 9.03. The quantitative estimate of drug-likeness (QED) is 0.265. The summed E-state index contributed by atoms with van der Waals surface area (Å²) < 4.78 is 36.6. The van der Waals surface area contributed by atoms with Crippen molar-refractivity contribution in [3.63, 3.8) is 0 Å². The predicted molar refractivity (Wildman–Crippen MR) is 151 cm³/mol. The van der Waals surface area contributed by atoms with Gasteiger partial charge in [-0.3, -0.25) is 4.79 Å². The molecule has 10 heteroatoms. The molecule has 3 aromatic carbocycles. The topological polar surface area (TPSA) is 74.3 Å². The molecule has 0 aliphatic heterocycles. The molecule has 0 N–H and O–H groups in total. The average molecular weight is 554 g/mol. The Hall–Kier alpha value is -4.96. The summed E-state index contributed by atoms with van der Waals surface area (Å²) in [4.78, 5) is 18.1. The first-order valence-corrected chi connectivity index (χ1v) is 13.2. The molecule has 0 atom stereocenters. The fraction of sp³-hybridized carbons (Fsp3) is 0.0667. The lowest BCUT2D eigenvalue weighted by Gasteiger charge is -2.06. The minimum Gasteiger partial charge on any atom is -0.491 e. The van der Waals surface area contributed by atoms with Crippen LogP contribution in [0, 0.1) is 11.6 Å². The van der Waals surface area contributed by atoms with E-state index in [1.54, 1.807) is 60.3 Å². The molecule has 0 amide bonds. The molecule has 6 aromatic rings. The van der Waals surface area contributed by atoms with Crippen LogP contribution >= 0.6 is 11.3 Å². The summed E-state index contributed by atoms with van der Waals surface area (Å²) in [5.41, 5.74) is 2.95. The van der Waals surface area contributed by atoms with E-state index in [0.29, 0.717) is 38.7 Å². The SMILES string of the molecule is CCOc1ccc(-c2nn(-c3ccccc3)cc2/C=c2\sc3nc(/C=C/c4ccc(F)cc4)nn3c2=O)cc1F. The summed E-state index contributed by atoms with van der Waals surface area (Å²) in [6.45, 7) is 2.14. The Morgan fingerprint density at radius 1 is 0.975 bits per heavy atom. The Labute approximate surface area is 230 Å². The normalized spacial score (nSPS) is 12.1. The standard InChI is InChI=1S/C30H21F2N5O2S/c1-2-39-25-14-11-20(16-24(25)32)28-21(18-36(35-28)23-6-4-3-5-7-23)17-26-29(38)37-30(40-26)33-27(34-37)15-10-19-8-12-22(31)13-9-19/h3-18H,2H2,1H3/b15-10+,26-17-. The molecule has 40 heavy (non-hydrogen) atoms. The molecule has 7 nitrogen and oxygen atoms in total. The van der Waals surface area contributed by atoms with E-state index in [-0.39, 0.29) is 17.1 Å². The van der Waals surface area contributed by atoms with Crippen molar-refractivity contribution in [2.45, 2.75) is 6.92 Å². The van der Waals surface area contributed by atoms with Crippen molar-refractivity contribution < 1.29 is 13.5 Å². The maximum Gasteiger partial charge on any atom is 0.291 e. The highest BCUT2D eigenvalue weighted by Gasteiger charge is 2.15. The molecule has 0 saturated carbocycles. The lowest BCUT2D eigenvalue weighted by molar-refractivity contribution is 0.321. The van der Waals surface area contributed by atoms with Crippen molar-refractivity contribution in [3.05, 3.63) is 122 Å². The van der Waals surface area contributed by atoms with Crippen molar-refractivity contribution in [1.82, 2.24) is 24.4 Å². The zero-order chi connectivity index (χ0) is 27.6. The number of hydrogen-bond donors (Lipinski definition) is 0. The second-order valence-corrected chi connectivity index (χ2v) is 9.77. The van der Waals surface area contributed by atoms with Gasteiger partial charge in [0.1, 0.15) is 11.5 Å². The Bertz CT molecular complexity index is 1960. The molecule has 0 unspecified atom stereocenters. The monoisotopic (exact) mass is 553 g/mol. The Morgan fingerprint density at radius 2 is 1.77 bits per heavy atom. The zero-order valence-corrected chi connectivity index (χ0v) is 22.0. The molecule has 0 fully saturated rings. The van der Waals surface area contributed by atoms with Gasteiger partial charge in [0.2, 0.25) is 4.96 Å². The van der Waals surface area contributed by atoms with E-state index in [9.17, 15) is 13.6 Å². The molecule has 3 aromatic heterocycles. The minimum absolute atomic E-state index is 0.163. The molecule has 0 bridgehead atoms. The lowest BCUT2D eigenvalue weighted by Crippen LogP contribution is -2.23. The van der Waals surface area contributed by atoms with Crippen LogP contribution in [0.1, 0.15) is 23.9 Å². The molecule has 0 spiro atoms. The van der Waals surface area contributed by atoms with Gasteiger partial charge in [-0.05, 0) is 67.1 Å². The van der Waals surface area contributed by atoms with Gasteiger partial charge < -0.3 is 4.74 Å². The van der Waals surface area contributed by atoms with E-state index in [2.05, 4.69) is 10.1 Å². The summed E-state index contributed by atoms with van der Waals surface area (Å²) in [5.74, 6) is -0.288. The van der Waals surface area contributed by atoms with Gasteiger partial charge in [-0.1, -0.05) is 47.7 Å². The molecule has 198 valence electrons. The highest BCUT2D eigenvalue weighted by molar-refractivity contribution is 7.15. The molecule has 3 heterocycles. The first-order valence-electron chi connectivity index (χ1n) is 12.4. The summed E-state index contributed by atoms with van der Waals surface area (Å²) in [6, 6.07) is 20.2. The fourth-order valence-electron chi connectivity index (χ4n) is 4.16. The fourth-order valence-corrected chi connectivity index (χ4v) is 5.06. The number of benzene rings is 3. The summed E-state index contributed by atoms with van der Waals surface area (Å²) >= 11 is 1.19. The van der Waals surface area contributed by atoms with Gasteiger partial charge in [-0.2, -0.15) is 14.6 Å². The van der Waals surface area contributed by atoms with Gasteiger partial charge in [0, 0.05) is 17.3 Å². The van der Waals surface area contributed by atoms with Crippen LogP contribution in [-0.4, -0.2) is 31.0 Å². The highest BCUT2D eigenvalue weighted by atomic mass is 32.1. The van der Waals surface area contributed by atoms with E-state index in [4.69, 9.17) is 9.84 Å². The number of hydrogen-bond acceptors (Lipinski definition) is 6. The maximum absolute atomic E-state index is 14.7. The van der Waals surface area contributed by atoms with E-state index in [1.807, 2.05) is 30.3 Å². The van der Waals surface area contributed by atoms with Gasteiger partial charge in [-0.25, -0.2) is 13.5 Å². The van der Waals surface area contributed by atoms with Crippen LogP contribution < -0.4 is 14.8 Å².